The number of likely N-dealkylation sites (N-methyl/N-ethyl adjacent to an activating group) is 2. The van der Waals surface area contributed by atoms with Gasteiger partial charge in [0.1, 0.15) is 6.04 Å². The van der Waals surface area contributed by atoms with E-state index in [4.69, 9.17) is 5.73 Å². The normalized spacial score (nSPS) is 13.8. The standard InChI is InChI=1S/C18H23N3O/c1-20-16(18(19)22)17(15-11-7-4-8-12-15)21(2)13-14-9-5-3-6-10-14/h3-12,16-17,20H,13H2,1-2H3,(H2,19,22)/t16-,17-/m1/s1. The van der Waals surface area contributed by atoms with Crippen LogP contribution in [0, 0.1) is 0 Å². The highest BCUT2D eigenvalue weighted by atomic mass is 16.1. The maximum atomic E-state index is 11.8. The van der Waals surface area contributed by atoms with Crippen LogP contribution in [-0.4, -0.2) is 30.9 Å². The summed E-state index contributed by atoms with van der Waals surface area (Å²) in [6.07, 6.45) is 0. The van der Waals surface area contributed by atoms with Crippen molar-refractivity contribution in [2.45, 2.75) is 18.6 Å². The molecule has 0 aromatic heterocycles. The predicted molar refractivity (Wildman–Crippen MR) is 89.1 cm³/mol. The van der Waals surface area contributed by atoms with Crippen LogP contribution in [-0.2, 0) is 11.3 Å². The lowest BCUT2D eigenvalue weighted by molar-refractivity contribution is -0.121. The van der Waals surface area contributed by atoms with Gasteiger partial charge in [-0.2, -0.15) is 0 Å². The third-order valence-electron chi connectivity index (χ3n) is 3.82. The molecular weight excluding hydrogens is 274 g/mol. The van der Waals surface area contributed by atoms with Gasteiger partial charge in [0.15, 0.2) is 0 Å². The molecule has 0 aliphatic rings. The fourth-order valence-electron chi connectivity index (χ4n) is 2.78. The van der Waals surface area contributed by atoms with E-state index in [1.54, 1.807) is 7.05 Å². The smallest absolute Gasteiger partial charge is 0.236 e. The molecule has 0 spiro atoms. The summed E-state index contributed by atoms with van der Waals surface area (Å²) in [5, 5.41) is 3.05. The molecular formula is C18H23N3O. The van der Waals surface area contributed by atoms with Crippen LogP contribution in [0.4, 0.5) is 0 Å². The monoisotopic (exact) mass is 297 g/mol. The van der Waals surface area contributed by atoms with E-state index in [1.807, 2.05) is 55.6 Å². The molecule has 0 aliphatic heterocycles. The zero-order valence-electron chi connectivity index (χ0n) is 13.1. The van der Waals surface area contributed by atoms with Crippen LogP contribution in [0.25, 0.3) is 0 Å². The molecule has 4 nitrogen and oxygen atoms in total. The van der Waals surface area contributed by atoms with Crippen molar-refractivity contribution in [3.63, 3.8) is 0 Å². The first-order valence-electron chi connectivity index (χ1n) is 7.39. The molecule has 2 aromatic carbocycles. The SMILES string of the molecule is CN[C@@H](C(N)=O)[C@@H](c1ccccc1)N(C)Cc1ccccc1. The summed E-state index contributed by atoms with van der Waals surface area (Å²) >= 11 is 0. The molecule has 2 atom stereocenters. The summed E-state index contributed by atoms with van der Waals surface area (Å²) in [4.78, 5) is 14.0. The van der Waals surface area contributed by atoms with E-state index in [9.17, 15) is 4.79 Å². The highest BCUT2D eigenvalue weighted by molar-refractivity contribution is 5.81. The summed E-state index contributed by atoms with van der Waals surface area (Å²) in [5.74, 6) is -0.351. The molecule has 0 heterocycles. The lowest BCUT2D eigenvalue weighted by atomic mass is 9.97. The van der Waals surface area contributed by atoms with Gasteiger partial charge in [-0.3, -0.25) is 9.69 Å². The molecule has 0 aliphatic carbocycles. The molecule has 3 N–H and O–H groups in total. The van der Waals surface area contributed by atoms with Crippen molar-refractivity contribution in [3.05, 3.63) is 71.8 Å². The van der Waals surface area contributed by atoms with Gasteiger partial charge in [-0.05, 0) is 25.2 Å². The van der Waals surface area contributed by atoms with E-state index in [0.29, 0.717) is 0 Å². The summed E-state index contributed by atoms with van der Waals surface area (Å²) in [5.41, 5.74) is 7.86. The Morgan fingerprint density at radius 2 is 1.64 bits per heavy atom. The van der Waals surface area contributed by atoms with Gasteiger partial charge in [0, 0.05) is 6.54 Å². The molecule has 0 saturated carbocycles. The van der Waals surface area contributed by atoms with Gasteiger partial charge >= 0.3 is 0 Å². The highest BCUT2D eigenvalue weighted by Crippen LogP contribution is 2.24. The van der Waals surface area contributed by atoms with Gasteiger partial charge < -0.3 is 11.1 Å². The number of amides is 1. The lowest BCUT2D eigenvalue weighted by Gasteiger charge is -2.33. The van der Waals surface area contributed by atoms with Gasteiger partial charge in [0.2, 0.25) is 5.91 Å². The fraction of sp³-hybridized carbons (Fsp3) is 0.278. The first kappa shape index (κ1) is 16.2. The minimum absolute atomic E-state index is 0.121. The number of nitrogens with two attached hydrogens (primary N) is 1. The zero-order valence-corrected chi connectivity index (χ0v) is 13.1. The second-order valence-electron chi connectivity index (χ2n) is 5.42. The number of nitrogens with one attached hydrogen (secondary N) is 1. The average Bonchev–Trinajstić information content (AvgIpc) is 2.53. The molecule has 0 radical (unpaired) electrons. The molecule has 2 rings (SSSR count). The highest BCUT2D eigenvalue weighted by Gasteiger charge is 2.29. The Kier molecular flexibility index (Phi) is 5.69. The minimum atomic E-state index is -0.448. The van der Waals surface area contributed by atoms with E-state index < -0.39 is 6.04 Å². The summed E-state index contributed by atoms with van der Waals surface area (Å²) in [6, 6.07) is 19.6. The van der Waals surface area contributed by atoms with Crippen LogP contribution in [0.2, 0.25) is 0 Å². The Hall–Kier alpha value is -2.17. The number of nitrogens with zero attached hydrogens (tertiary/aromatic N) is 1. The first-order valence-corrected chi connectivity index (χ1v) is 7.39. The van der Waals surface area contributed by atoms with Crippen molar-refractivity contribution in [3.8, 4) is 0 Å². The second-order valence-corrected chi connectivity index (χ2v) is 5.42. The maximum Gasteiger partial charge on any atom is 0.236 e. The van der Waals surface area contributed by atoms with Crippen molar-refractivity contribution in [1.29, 1.82) is 0 Å². The molecule has 22 heavy (non-hydrogen) atoms. The molecule has 0 bridgehead atoms. The van der Waals surface area contributed by atoms with Crippen molar-refractivity contribution in [1.82, 2.24) is 10.2 Å². The third kappa shape index (κ3) is 3.93. The Balaban J connectivity index is 2.29. The van der Waals surface area contributed by atoms with E-state index in [2.05, 4.69) is 22.3 Å². The first-order chi connectivity index (χ1) is 10.6. The fourth-order valence-corrected chi connectivity index (χ4v) is 2.78. The van der Waals surface area contributed by atoms with E-state index in [1.165, 1.54) is 5.56 Å². The van der Waals surface area contributed by atoms with Crippen LogP contribution in [0.3, 0.4) is 0 Å². The van der Waals surface area contributed by atoms with Crippen molar-refractivity contribution in [2.24, 2.45) is 5.73 Å². The zero-order chi connectivity index (χ0) is 15.9. The molecule has 1 amide bonds. The van der Waals surface area contributed by atoms with Gasteiger partial charge in [0.25, 0.3) is 0 Å². The number of rotatable bonds is 7. The van der Waals surface area contributed by atoms with Crippen molar-refractivity contribution >= 4 is 5.91 Å². The van der Waals surface area contributed by atoms with Gasteiger partial charge in [-0.25, -0.2) is 0 Å². The Morgan fingerprint density at radius 3 is 2.14 bits per heavy atom. The third-order valence-corrected chi connectivity index (χ3v) is 3.82. The molecule has 4 heteroatoms. The van der Waals surface area contributed by atoms with E-state index >= 15 is 0 Å². The quantitative estimate of drug-likeness (QED) is 0.821. The van der Waals surface area contributed by atoms with Crippen molar-refractivity contribution in [2.75, 3.05) is 14.1 Å². The number of benzene rings is 2. The molecule has 0 saturated heterocycles. The van der Waals surface area contributed by atoms with Crippen LogP contribution < -0.4 is 11.1 Å². The second kappa shape index (κ2) is 7.73. The predicted octanol–water partition coefficient (Wildman–Crippen LogP) is 1.93. The molecule has 0 unspecified atom stereocenters. The van der Waals surface area contributed by atoms with Gasteiger partial charge in [-0.1, -0.05) is 60.7 Å². The minimum Gasteiger partial charge on any atom is -0.368 e. The van der Waals surface area contributed by atoms with Crippen molar-refractivity contribution < 1.29 is 4.79 Å². The summed E-state index contributed by atoms with van der Waals surface area (Å²) < 4.78 is 0. The lowest BCUT2D eigenvalue weighted by Crippen LogP contribution is -2.48. The Labute approximate surface area is 131 Å². The van der Waals surface area contributed by atoms with E-state index in [-0.39, 0.29) is 11.9 Å². The number of hydrogen-bond acceptors (Lipinski definition) is 3. The van der Waals surface area contributed by atoms with E-state index in [0.717, 1.165) is 12.1 Å². The average molecular weight is 297 g/mol. The number of primary amides is 1. The number of hydrogen-bond donors (Lipinski definition) is 2. The molecule has 2 aromatic rings. The molecule has 0 fully saturated rings. The summed E-state index contributed by atoms with van der Waals surface area (Å²) in [7, 11) is 3.78. The number of carbonyl (C=O) groups is 1. The van der Waals surface area contributed by atoms with Crippen LogP contribution in [0.5, 0.6) is 0 Å². The van der Waals surface area contributed by atoms with Gasteiger partial charge in [0.05, 0.1) is 6.04 Å². The number of carbonyl (C=O) groups excluding carboxylic acids is 1. The van der Waals surface area contributed by atoms with Gasteiger partial charge in [-0.15, -0.1) is 0 Å². The Morgan fingerprint density at radius 1 is 1.09 bits per heavy atom. The van der Waals surface area contributed by atoms with Crippen LogP contribution >= 0.6 is 0 Å². The van der Waals surface area contributed by atoms with Crippen LogP contribution in [0.15, 0.2) is 60.7 Å². The Bertz CT molecular complexity index is 586. The maximum absolute atomic E-state index is 11.8. The van der Waals surface area contributed by atoms with Crippen LogP contribution in [0.1, 0.15) is 17.2 Å². The largest absolute Gasteiger partial charge is 0.368 e. The summed E-state index contributed by atoms with van der Waals surface area (Å²) in [6.45, 7) is 0.742. The molecule has 116 valence electrons. The topological polar surface area (TPSA) is 58.4 Å².